The van der Waals surface area contributed by atoms with Gasteiger partial charge in [0.1, 0.15) is 52.4 Å². The van der Waals surface area contributed by atoms with Crippen LogP contribution in [-0.2, 0) is 0 Å². The smallest absolute Gasteiger partial charge is 0.231 e. The van der Waals surface area contributed by atoms with E-state index in [-0.39, 0.29) is 0 Å². The molecule has 0 amide bonds. The summed E-state index contributed by atoms with van der Waals surface area (Å²) in [5, 5.41) is 7.43. The van der Waals surface area contributed by atoms with Crippen molar-refractivity contribution in [3.63, 3.8) is 0 Å². The summed E-state index contributed by atoms with van der Waals surface area (Å²) >= 11 is 6.50. The minimum absolute atomic E-state index is 0.338. The van der Waals surface area contributed by atoms with E-state index in [1.165, 1.54) is 149 Å². The summed E-state index contributed by atoms with van der Waals surface area (Å²) in [7, 11) is 0. The third-order valence-electron chi connectivity index (χ3n) is 11.8. The van der Waals surface area contributed by atoms with Crippen molar-refractivity contribution in [2.24, 2.45) is 0 Å². The number of anilines is 2. The maximum atomic E-state index is 6.50. The lowest BCUT2D eigenvalue weighted by Crippen LogP contribution is -2.73. The second kappa shape index (κ2) is 10.5. The van der Waals surface area contributed by atoms with E-state index in [9.17, 15) is 0 Å². The fourth-order valence-electron chi connectivity index (χ4n) is 8.46. The third-order valence-corrected chi connectivity index (χ3v) is 11.9. The van der Waals surface area contributed by atoms with E-state index >= 15 is 0 Å². The second-order valence-corrected chi connectivity index (χ2v) is 14.0. The Kier molecular flexibility index (Phi) is 7.14. The van der Waals surface area contributed by atoms with Crippen molar-refractivity contribution in [3.05, 3.63) is 5.28 Å². The Balaban J connectivity index is 0.946. The van der Waals surface area contributed by atoms with Crippen molar-refractivity contribution < 1.29 is 17.9 Å². The number of piperazine rings is 6. The van der Waals surface area contributed by atoms with E-state index in [0.29, 0.717) is 5.28 Å². The molecule has 0 atom stereocenters. The Morgan fingerprint density at radius 3 is 1.08 bits per heavy atom. The van der Waals surface area contributed by atoms with Crippen molar-refractivity contribution in [1.29, 1.82) is 0 Å². The lowest BCUT2D eigenvalue weighted by molar-refractivity contribution is -1.03. The van der Waals surface area contributed by atoms with Gasteiger partial charge >= 0.3 is 0 Å². The first-order valence-electron chi connectivity index (χ1n) is 15.7. The molecular formula is C27H50ClN11+4. The molecule has 6 aliphatic rings. The molecule has 0 radical (unpaired) electrons. The highest BCUT2D eigenvalue weighted by Crippen LogP contribution is 2.27. The highest BCUT2D eigenvalue weighted by Gasteiger charge is 2.46. The lowest BCUT2D eigenvalue weighted by atomic mass is 10.1. The molecule has 39 heavy (non-hydrogen) atoms. The summed E-state index contributed by atoms with van der Waals surface area (Å²) in [6.45, 7) is 29.5. The molecule has 4 spiro atoms. The van der Waals surface area contributed by atoms with Crippen LogP contribution in [0.4, 0.5) is 11.9 Å². The zero-order valence-corrected chi connectivity index (χ0v) is 24.6. The molecule has 0 unspecified atom stereocenters. The predicted molar refractivity (Wildman–Crippen MR) is 154 cm³/mol. The van der Waals surface area contributed by atoms with E-state index < -0.39 is 0 Å². The van der Waals surface area contributed by atoms with Gasteiger partial charge in [-0.2, -0.15) is 15.0 Å². The van der Waals surface area contributed by atoms with Crippen molar-refractivity contribution in [2.75, 3.05) is 167 Å². The van der Waals surface area contributed by atoms with Crippen LogP contribution in [0.25, 0.3) is 0 Å². The molecule has 1 aromatic rings. The van der Waals surface area contributed by atoms with Crippen LogP contribution >= 0.6 is 11.6 Å². The molecule has 0 saturated carbocycles. The summed E-state index contributed by atoms with van der Waals surface area (Å²) < 4.78 is 5.24. The van der Waals surface area contributed by atoms with Gasteiger partial charge in [0.15, 0.2) is 0 Å². The average Bonchev–Trinajstić information content (AvgIpc) is 2.98. The van der Waals surface area contributed by atoms with Crippen LogP contribution in [0.2, 0.25) is 5.28 Å². The highest BCUT2D eigenvalue weighted by atomic mass is 35.5. The topological polar surface area (TPSA) is 69.2 Å². The number of quaternary nitrogens is 4. The predicted octanol–water partition coefficient (Wildman–Crippen LogP) is -1.33. The minimum atomic E-state index is 0.338. The van der Waals surface area contributed by atoms with Crippen LogP contribution in [-0.4, -0.2) is 190 Å². The molecule has 2 N–H and O–H groups in total. The minimum Gasteiger partial charge on any atom is -0.329 e. The van der Waals surface area contributed by atoms with Crippen LogP contribution in [0, 0.1) is 0 Å². The molecule has 7 rings (SSSR count). The third kappa shape index (κ3) is 5.36. The normalized spacial score (nSPS) is 29.8. The lowest BCUT2D eigenvalue weighted by Gasteiger charge is -2.53. The molecule has 216 valence electrons. The van der Waals surface area contributed by atoms with Crippen molar-refractivity contribution >= 4 is 23.5 Å². The zero-order chi connectivity index (χ0) is 26.4. The van der Waals surface area contributed by atoms with Gasteiger partial charge in [-0.1, -0.05) is 0 Å². The fraction of sp³-hybridized carbons (Fsp3) is 0.889. The van der Waals surface area contributed by atoms with E-state index in [1.54, 1.807) is 0 Å². The number of hydrogen-bond donors (Lipinski definition) is 2. The van der Waals surface area contributed by atoms with Gasteiger partial charge in [0.05, 0.1) is 78.5 Å². The van der Waals surface area contributed by atoms with Gasteiger partial charge in [-0.15, -0.1) is 0 Å². The molecule has 0 aromatic carbocycles. The molecule has 6 aliphatic heterocycles. The number of nitrogens with one attached hydrogen (secondary N) is 2. The van der Waals surface area contributed by atoms with Crippen LogP contribution in [0.1, 0.15) is 0 Å². The first-order valence-corrected chi connectivity index (χ1v) is 16.1. The number of halogens is 1. The first kappa shape index (κ1) is 26.6. The quantitative estimate of drug-likeness (QED) is 0.432. The molecule has 6 saturated heterocycles. The zero-order valence-electron chi connectivity index (χ0n) is 23.9. The number of aromatic nitrogens is 3. The van der Waals surface area contributed by atoms with Crippen molar-refractivity contribution in [2.45, 2.75) is 0 Å². The molecule has 11 nitrogen and oxygen atoms in total. The summed E-state index contributed by atoms with van der Waals surface area (Å²) in [5.41, 5.74) is 0. The van der Waals surface area contributed by atoms with Gasteiger partial charge in [-0.25, -0.2) is 0 Å². The largest absolute Gasteiger partial charge is 0.329 e. The Morgan fingerprint density at radius 1 is 0.436 bits per heavy atom. The summed E-state index contributed by atoms with van der Waals surface area (Å²) in [6, 6.07) is 0. The van der Waals surface area contributed by atoms with E-state index in [1.807, 2.05) is 0 Å². The number of nitrogens with zero attached hydrogens (tertiary/aromatic N) is 9. The van der Waals surface area contributed by atoms with Crippen LogP contribution in [0.15, 0.2) is 0 Å². The maximum Gasteiger partial charge on any atom is 0.231 e. The first-order chi connectivity index (χ1) is 19.0. The summed E-state index contributed by atoms with van der Waals surface area (Å²) in [5.74, 6) is 1.56. The van der Waals surface area contributed by atoms with E-state index in [2.05, 4.69) is 30.4 Å². The van der Waals surface area contributed by atoms with Gasteiger partial charge in [-0.05, 0) is 11.6 Å². The average molecular weight is 564 g/mol. The van der Waals surface area contributed by atoms with E-state index in [4.69, 9.17) is 16.6 Å². The van der Waals surface area contributed by atoms with Gasteiger partial charge in [0, 0.05) is 26.2 Å². The molecule has 7 heterocycles. The fourth-order valence-corrected chi connectivity index (χ4v) is 8.61. The highest BCUT2D eigenvalue weighted by molar-refractivity contribution is 6.28. The summed E-state index contributed by atoms with van der Waals surface area (Å²) in [4.78, 5) is 18.9. The Bertz CT molecular complexity index is 909. The monoisotopic (exact) mass is 563 g/mol. The molecule has 0 bridgehead atoms. The molecule has 1 aromatic heterocycles. The maximum absolute atomic E-state index is 6.50. The van der Waals surface area contributed by atoms with E-state index in [0.717, 1.165) is 38.1 Å². The number of hydrogen-bond acceptors (Lipinski definition) is 7. The van der Waals surface area contributed by atoms with Gasteiger partial charge in [-0.3, -0.25) is 0 Å². The van der Waals surface area contributed by atoms with Gasteiger partial charge in [0.25, 0.3) is 0 Å². The molecular weight excluding hydrogens is 514 g/mol. The van der Waals surface area contributed by atoms with Crippen molar-refractivity contribution in [1.82, 2.24) is 25.6 Å². The molecule has 6 fully saturated rings. The van der Waals surface area contributed by atoms with Crippen molar-refractivity contribution in [3.8, 4) is 0 Å². The van der Waals surface area contributed by atoms with Crippen LogP contribution in [0.5, 0.6) is 0 Å². The standard InChI is InChI=1S/C27H50ClN11/c28-25-31-26(34-5-13-38(14-6-34)21-17-36(18-22-38)9-1-29-2-10-36)33-27(32-25)35-7-15-39(16-8-35)23-19-37(20-24-39)11-3-30-4-12-37/h29-30H,1-24H2/q+4. The van der Waals surface area contributed by atoms with Gasteiger partial charge in [0.2, 0.25) is 17.2 Å². The SMILES string of the molecule is Clc1nc(N2CC[N+]3(CC2)CC[N+]2(CCNCC2)CC3)nc(N2CC[N+]3(CC2)CC[N+]2(CCNCC2)CC3)n1. The van der Waals surface area contributed by atoms with Crippen LogP contribution in [0.3, 0.4) is 0 Å². The number of rotatable bonds is 2. The Labute approximate surface area is 239 Å². The van der Waals surface area contributed by atoms with Gasteiger partial charge < -0.3 is 38.4 Å². The molecule has 0 aliphatic carbocycles. The Hall–Kier alpha value is -1.34. The molecule has 12 heteroatoms. The second-order valence-electron chi connectivity index (χ2n) is 13.6. The summed E-state index contributed by atoms with van der Waals surface area (Å²) in [6.07, 6.45) is 0. The van der Waals surface area contributed by atoms with Crippen LogP contribution < -0.4 is 20.4 Å². The Morgan fingerprint density at radius 2 is 0.744 bits per heavy atom.